The summed E-state index contributed by atoms with van der Waals surface area (Å²) in [5.74, 6) is -0.0725. The second-order valence-corrected chi connectivity index (χ2v) is 10.6. The van der Waals surface area contributed by atoms with E-state index in [9.17, 15) is 9.59 Å². The molecule has 196 valence electrons. The lowest BCUT2D eigenvalue weighted by atomic mass is 9.70. The maximum atomic E-state index is 14.8. The van der Waals surface area contributed by atoms with Crippen LogP contribution >= 0.6 is 0 Å². The predicted octanol–water partition coefficient (Wildman–Crippen LogP) is 5.97. The van der Waals surface area contributed by atoms with Gasteiger partial charge < -0.3 is 9.64 Å². The van der Waals surface area contributed by atoms with E-state index in [0.717, 1.165) is 33.7 Å². The first kappa shape index (κ1) is 25.1. The van der Waals surface area contributed by atoms with Crippen molar-refractivity contribution >= 4 is 17.4 Å². The molecular formula is C34H32N2O3. The molecule has 2 heterocycles. The van der Waals surface area contributed by atoms with E-state index in [2.05, 4.69) is 24.0 Å². The van der Waals surface area contributed by atoms with Crippen LogP contribution in [-0.2, 0) is 16.9 Å². The van der Waals surface area contributed by atoms with Crippen LogP contribution in [0.3, 0.4) is 0 Å². The number of hydrogen-bond acceptors (Lipinski definition) is 4. The lowest BCUT2D eigenvalue weighted by molar-refractivity contribution is -0.129. The monoisotopic (exact) mass is 516 g/mol. The lowest BCUT2D eigenvalue weighted by Gasteiger charge is -2.36. The first-order valence-electron chi connectivity index (χ1n) is 13.4. The van der Waals surface area contributed by atoms with Crippen molar-refractivity contribution in [3.8, 4) is 5.75 Å². The van der Waals surface area contributed by atoms with Gasteiger partial charge in [-0.3, -0.25) is 14.5 Å². The van der Waals surface area contributed by atoms with Gasteiger partial charge in [0.05, 0.1) is 19.6 Å². The maximum Gasteiger partial charge on any atom is 0.253 e. The Balaban J connectivity index is 1.53. The topological polar surface area (TPSA) is 49.9 Å². The molecule has 0 aliphatic carbocycles. The Morgan fingerprint density at radius 3 is 2.28 bits per heavy atom. The molecule has 2 aliphatic rings. The highest BCUT2D eigenvalue weighted by Crippen LogP contribution is 2.57. The summed E-state index contributed by atoms with van der Waals surface area (Å²) in [6, 6.07) is 33.5. The summed E-state index contributed by atoms with van der Waals surface area (Å²) in [7, 11) is 3.63. The van der Waals surface area contributed by atoms with Crippen molar-refractivity contribution in [3.63, 3.8) is 0 Å². The van der Waals surface area contributed by atoms with Crippen LogP contribution in [0.15, 0.2) is 103 Å². The van der Waals surface area contributed by atoms with Gasteiger partial charge in [-0.15, -0.1) is 0 Å². The zero-order valence-electron chi connectivity index (χ0n) is 22.5. The molecule has 1 amide bonds. The van der Waals surface area contributed by atoms with Crippen molar-refractivity contribution in [2.24, 2.45) is 5.92 Å². The molecule has 0 aromatic heterocycles. The van der Waals surface area contributed by atoms with Crippen molar-refractivity contribution < 1.29 is 14.3 Å². The number of hydrogen-bond donors (Lipinski definition) is 0. The van der Waals surface area contributed by atoms with Crippen molar-refractivity contribution in [3.05, 3.63) is 131 Å². The van der Waals surface area contributed by atoms with E-state index < -0.39 is 11.5 Å². The number of Topliss-reactive ketones (excluding diaryl/α,β-unsaturated/α-hetero) is 1. The van der Waals surface area contributed by atoms with Gasteiger partial charge in [0.25, 0.3) is 5.91 Å². The number of para-hydroxylation sites is 1. The van der Waals surface area contributed by atoms with Gasteiger partial charge in [-0.2, -0.15) is 0 Å². The third kappa shape index (κ3) is 3.88. The van der Waals surface area contributed by atoms with Gasteiger partial charge in [0.15, 0.2) is 5.78 Å². The summed E-state index contributed by atoms with van der Waals surface area (Å²) in [6.45, 7) is 3.10. The zero-order chi connectivity index (χ0) is 27.1. The standard InChI is InChI=1S/C34H32N2O3/c1-23-11-7-8-14-26(23)21-36-30-16-10-9-15-29(30)34(33(36)38)31(32(37)25-12-5-4-6-13-25)28(22-35(34)2)24-17-19-27(39-3)20-18-24/h4-20,28,31H,21-22H2,1-3H3/t28-,31-,34-/m0/s1. The molecule has 1 saturated heterocycles. The number of aryl methyl sites for hydroxylation is 1. The highest BCUT2D eigenvalue weighted by molar-refractivity contribution is 6.13. The van der Waals surface area contributed by atoms with Crippen molar-refractivity contribution in [1.82, 2.24) is 4.90 Å². The Hall–Kier alpha value is -4.22. The first-order valence-corrected chi connectivity index (χ1v) is 13.4. The van der Waals surface area contributed by atoms with Crippen molar-refractivity contribution in [1.29, 1.82) is 0 Å². The van der Waals surface area contributed by atoms with Crippen LogP contribution in [0.1, 0.15) is 38.5 Å². The van der Waals surface area contributed by atoms with Crippen molar-refractivity contribution in [2.75, 3.05) is 25.6 Å². The van der Waals surface area contributed by atoms with E-state index in [1.54, 1.807) is 7.11 Å². The molecule has 0 unspecified atom stereocenters. The lowest BCUT2D eigenvalue weighted by Crippen LogP contribution is -2.53. The fraction of sp³-hybridized carbons (Fsp3) is 0.235. The first-order chi connectivity index (χ1) is 19.0. The smallest absolute Gasteiger partial charge is 0.253 e. The molecular weight excluding hydrogens is 484 g/mol. The van der Waals surface area contributed by atoms with Gasteiger partial charge in [-0.25, -0.2) is 0 Å². The van der Waals surface area contributed by atoms with Crippen LogP contribution in [0.5, 0.6) is 5.75 Å². The Bertz CT molecular complexity index is 1530. The number of ketones is 1. The summed E-state index contributed by atoms with van der Waals surface area (Å²) in [6.07, 6.45) is 0. The van der Waals surface area contributed by atoms with E-state index >= 15 is 0 Å². The predicted molar refractivity (Wildman–Crippen MR) is 153 cm³/mol. The maximum absolute atomic E-state index is 14.8. The Kier molecular flexibility index (Phi) is 6.32. The van der Waals surface area contributed by atoms with E-state index in [1.165, 1.54) is 0 Å². The minimum Gasteiger partial charge on any atom is -0.497 e. The summed E-state index contributed by atoms with van der Waals surface area (Å²) >= 11 is 0. The van der Waals surface area contributed by atoms with Gasteiger partial charge in [-0.05, 0) is 48.9 Å². The average Bonchev–Trinajstić information content (AvgIpc) is 3.42. The number of rotatable bonds is 6. The van der Waals surface area contributed by atoms with Crippen LogP contribution in [0.2, 0.25) is 0 Å². The number of anilines is 1. The number of carbonyl (C=O) groups excluding carboxylic acids is 2. The number of fused-ring (bicyclic) bond motifs is 2. The fourth-order valence-corrected chi connectivity index (χ4v) is 6.62. The number of nitrogens with zero attached hydrogens (tertiary/aromatic N) is 2. The van der Waals surface area contributed by atoms with Crippen LogP contribution < -0.4 is 9.64 Å². The molecule has 1 spiro atoms. The number of likely N-dealkylation sites (N-methyl/N-ethyl adjacent to an activating group) is 1. The molecule has 0 N–H and O–H groups in total. The van der Waals surface area contributed by atoms with Crippen molar-refractivity contribution in [2.45, 2.75) is 24.9 Å². The zero-order valence-corrected chi connectivity index (χ0v) is 22.5. The van der Waals surface area contributed by atoms with Gasteiger partial charge in [0.2, 0.25) is 0 Å². The highest BCUT2D eigenvalue weighted by atomic mass is 16.5. The van der Waals surface area contributed by atoms with Gasteiger partial charge in [0.1, 0.15) is 11.3 Å². The van der Waals surface area contributed by atoms with E-state index in [-0.39, 0.29) is 17.6 Å². The Labute approximate surface area is 229 Å². The molecule has 5 nitrogen and oxygen atoms in total. The third-order valence-electron chi connectivity index (χ3n) is 8.58. The summed E-state index contributed by atoms with van der Waals surface area (Å²) in [5, 5.41) is 0. The molecule has 4 aromatic rings. The summed E-state index contributed by atoms with van der Waals surface area (Å²) in [4.78, 5) is 33.4. The molecule has 3 atom stereocenters. The third-order valence-corrected chi connectivity index (χ3v) is 8.58. The number of amides is 1. The second kappa shape index (κ2) is 9.83. The van der Waals surface area contributed by atoms with Crippen LogP contribution in [0.4, 0.5) is 5.69 Å². The number of benzene rings is 4. The van der Waals surface area contributed by atoms with Gasteiger partial charge >= 0.3 is 0 Å². The molecule has 39 heavy (non-hydrogen) atoms. The van der Waals surface area contributed by atoms with E-state index in [1.807, 2.05) is 103 Å². The summed E-state index contributed by atoms with van der Waals surface area (Å²) in [5.41, 5.74) is 4.54. The van der Waals surface area contributed by atoms with Gasteiger partial charge in [-0.1, -0.05) is 84.9 Å². The molecule has 6 rings (SSSR count). The normalized spacial score (nSPS) is 22.3. The Morgan fingerprint density at radius 1 is 0.897 bits per heavy atom. The summed E-state index contributed by atoms with van der Waals surface area (Å²) < 4.78 is 5.40. The molecule has 5 heteroatoms. The van der Waals surface area contributed by atoms with Crippen LogP contribution in [-0.4, -0.2) is 37.3 Å². The van der Waals surface area contributed by atoms with E-state index in [0.29, 0.717) is 18.7 Å². The molecule has 0 saturated carbocycles. The quantitative estimate of drug-likeness (QED) is 0.296. The highest BCUT2D eigenvalue weighted by Gasteiger charge is 2.66. The minimum atomic E-state index is -1.11. The Morgan fingerprint density at radius 2 is 1.56 bits per heavy atom. The van der Waals surface area contributed by atoms with Crippen LogP contribution in [0.25, 0.3) is 0 Å². The number of methoxy groups -OCH3 is 1. The number of likely N-dealkylation sites (tertiary alicyclic amines) is 1. The van der Waals surface area contributed by atoms with Crippen LogP contribution in [0, 0.1) is 12.8 Å². The molecule has 0 radical (unpaired) electrons. The fourth-order valence-electron chi connectivity index (χ4n) is 6.62. The SMILES string of the molecule is COc1ccc([C@@H]2CN(C)[C@]3(C(=O)N(Cc4ccccc4C)c4ccccc43)[C@@H]2C(=O)c2ccccc2)cc1. The number of ether oxygens (including phenoxy) is 1. The molecule has 0 bridgehead atoms. The molecule has 2 aliphatic heterocycles. The average molecular weight is 517 g/mol. The minimum absolute atomic E-state index is 0.0123. The molecule has 1 fully saturated rings. The van der Waals surface area contributed by atoms with E-state index in [4.69, 9.17) is 4.74 Å². The largest absolute Gasteiger partial charge is 0.497 e. The van der Waals surface area contributed by atoms with Gasteiger partial charge in [0, 0.05) is 29.3 Å². The number of carbonyl (C=O) groups is 2. The molecule has 4 aromatic carbocycles. The second-order valence-electron chi connectivity index (χ2n) is 10.6.